The van der Waals surface area contributed by atoms with Crippen molar-refractivity contribution < 1.29 is 4.79 Å². The van der Waals surface area contributed by atoms with Crippen molar-refractivity contribution in [3.05, 3.63) is 47.5 Å². The van der Waals surface area contributed by atoms with Gasteiger partial charge in [0.25, 0.3) is 0 Å². The second kappa shape index (κ2) is 7.63. The van der Waals surface area contributed by atoms with Crippen LogP contribution in [0.5, 0.6) is 0 Å². The first kappa shape index (κ1) is 17.4. The van der Waals surface area contributed by atoms with Crippen LogP contribution in [-0.2, 0) is 4.79 Å². The number of hydrogen-bond acceptors (Lipinski definition) is 3. The molecule has 0 saturated carbocycles. The number of nitrogens with one attached hydrogen (secondary N) is 3. The molecular formula is C18H17ClN4OS. The highest BCUT2D eigenvalue weighted by Gasteiger charge is 2.10. The average molecular weight is 373 g/mol. The van der Waals surface area contributed by atoms with Crippen LogP contribution in [0.4, 0.5) is 5.69 Å². The molecule has 128 valence electrons. The Hall–Kier alpha value is -2.44. The SMILES string of the molecule is CCCC(=O)NC(=S)Nc1cc(-c2nc3ccccc3[nH]2)ccc1Cl. The standard InChI is InChI=1S/C18H17ClN4OS/c1-2-5-16(24)23-18(25)22-15-10-11(8-9-12(15)19)17-20-13-6-3-4-7-14(13)21-17/h3-4,6-10H,2,5H2,1H3,(H,20,21)(H2,22,23,24,25). The predicted molar refractivity (Wildman–Crippen MR) is 106 cm³/mol. The number of carbonyl (C=O) groups excluding carboxylic acids is 1. The minimum atomic E-state index is -0.121. The van der Waals surface area contributed by atoms with E-state index in [1.54, 1.807) is 6.07 Å². The highest BCUT2D eigenvalue weighted by atomic mass is 35.5. The summed E-state index contributed by atoms with van der Waals surface area (Å²) >= 11 is 11.4. The van der Waals surface area contributed by atoms with E-state index in [2.05, 4.69) is 20.6 Å². The van der Waals surface area contributed by atoms with Crippen molar-refractivity contribution in [3.63, 3.8) is 0 Å². The summed E-state index contributed by atoms with van der Waals surface area (Å²) in [5.41, 5.74) is 3.33. The maximum Gasteiger partial charge on any atom is 0.226 e. The number of benzene rings is 2. The number of nitrogens with zero attached hydrogens (tertiary/aromatic N) is 1. The van der Waals surface area contributed by atoms with Crippen LogP contribution in [0.25, 0.3) is 22.4 Å². The molecule has 0 fully saturated rings. The van der Waals surface area contributed by atoms with Crippen LogP contribution >= 0.6 is 23.8 Å². The van der Waals surface area contributed by atoms with Gasteiger partial charge < -0.3 is 15.6 Å². The van der Waals surface area contributed by atoms with E-state index in [1.807, 2.05) is 43.3 Å². The van der Waals surface area contributed by atoms with Crippen LogP contribution in [0.3, 0.4) is 0 Å². The fourth-order valence-corrected chi connectivity index (χ4v) is 2.82. The molecule has 0 aliphatic carbocycles. The first-order valence-corrected chi connectivity index (χ1v) is 8.71. The zero-order valence-corrected chi connectivity index (χ0v) is 15.2. The Morgan fingerprint density at radius 1 is 1.28 bits per heavy atom. The minimum absolute atomic E-state index is 0.121. The number of hydrogen-bond donors (Lipinski definition) is 3. The van der Waals surface area contributed by atoms with E-state index in [0.29, 0.717) is 17.1 Å². The summed E-state index contributed by atoms with van der Waals surface area (Å²) in [6, 6.07) is 13.3. The van der Waals surface area contributed by atoms with Gasteiger partial charge in [-0.15, -0.1) is 0 Å². The van der Waals surface area contributed by atoms with Crippen molar-refractivity contribution in [2.24, 2.45) is 0 Å². The number of rotatable bonds is 4. The van der Waals surface area contributed by atoms with E-state index < -0.39 is 0 Å². The Bertz CT molecular complexity index is 905. The van der Waals surface area contributed by atoms with Gasteiger partial charge in [0.1, 0.15) is 5.82 Å². The zero-order valence-electron chi connectivity index (χ0n) is 13.6. The smallest absolute Gasteiger partial charge is 0.226 e. The lowest BCUT2D eigenvalue weighted by atomic mass is 10.2. The molecule has 0 bridgehead atoms. The number of H-pyrrole nitrogens is 1. The quantitative estimate of drug-likeness (QED) is 0.590. The molecule has 3 aromatic rings. The molecule has 1 heterocycles. The summed E-state index contributed by atoms with van der Waals surface area (Å²) in [4.78, 5) is 19.5. The number of halogens is 1. The largest absolute Gasteiger partial charge is 0.338 e. The fraction of sp³-hybridized carbons (Fsp3) is 0.167. The normalized spacial score (nSPS) is 10.6. The number of anilines is 1. The molecule has 3 N–H and O–H groups in total. The molecule has 0 atom stereocenters. The van der Waals surface area contributed by atoms with Crippen LogP contribution in [0.1, 0.15) is 19.8 Å². The van der Waals surface area contributed by atoms with Crippen molar-refractivity contribution in [3.8, 4) is 11.4 Å². The Labute approximate surface area is 155 Å². The van der Waals surface area contributed by atoms with Gasteiger partial charge in [-0.3, -0.25) is 4.79 Å². The van der Waals surface area contributed by atoms with E-state index in [4.69, 9.17) is 23.8 Å². The number of amides is 1. The molecule has 0 spiro atoms. The summed E-state index contributed by atoms with van der Waals surface area (Å²) in [5, 5.41) is 6.34. The van der Waals surface area contributed by atoms with Gasteiger partial charge in [0.15, 0.2) is 5.11 Å². The molecule has 0 aliphatic rings. The summed E-state index contributed by atoms with van der Waals surface area (Å²) in [5.74, 6) is 0.617. The molecule has 0 unspecified atom stereocenters. The van der Waals surface area contributed by atoms with E-state index in [0.717, 1.165) is 28.8 Å². The van der Waals surface area contributed by atoms with Gasteiger partial charge in [0.05, 0.1) is 21.7 Å². The molecule has 5 nitrogen and oxygen atoms in total. The monoisotopic (exact) mass is 372 g/mol. The Morgan fingerprint density at radius 2 is 2.08 bits per heavy atom. The molecule has 3 rings (SSSR count). The predicted octanol–water partition coefficient (Wildman–Crippen LogP) is 4.50. The lowest BCUT2D eigenvalue weighted by Gasteiger charge is -2.11. The lowest BCUT2D eigenvalue weighted by Crippen LogP contribution is -2.33. The third-order valence-corrected chi connectivity index (χ3v) is 4.14. The second-order valence-electron chi connectivity index (χ2n) is 5.55. The van der Waals surface area contributed by atoms with Gasteiger partial charge in [-0.2, -0.15) is 0 Å². The molecule has 7 heteroatoms. The number of aromatic nitrogens is 2. The van der Waals surface area contributed by atoms with Crippen LogP contribution in [0.2, 0.25) is 5.02 Å². The van der Waals surface area contributed by atoms with E-state index in [1.165, 1.54) is 0 Å². The van der Waals surface area contributed by atoms with Crippen LogP contribution in [0.15, 0.2) is 42.5 Å². The molecule has 0 saturated heterocycles. The van der Waals surface area contributed by atoms with E-state index in [9.17, 15) is 4.79 Å². The summed E-state index contributed by atoms with van der Waals surface area (Å²) < 4.78 is 0. The van der Waals surface area contributed by atoms with Crippen molar-refractivity contribution in [1.29, 1.82) is 0 Å². The van der Waals surface area contributed by atoms with Crippen molar-refractivity contribution in [2.45, 2.75) is 19.8 Å². The summed E-state index contributed by atoms with van der Waals surface area (Å²) in [6.07, 6.45) is 1.19. The maximum absolute atomic E-state index is 11.6. The molecule has 25 heavy (non-hydrogen) atoms. The summed E-state index contributed by atoms with van der Waals surface area (Å²) in [7, 11) is 0. The third kappa shape index (κ3) is 4.15. The van der Waals surface area contributed by atoms with Crippen LogP contribution < -0.4 is 10.6 Å². The topological polar surface area (TPSA) is 69.8 Å². The van der Waals surface area contributed by atoms with E-state index in [-0.39, 0.29) is 11.0 Å². The van der Waals surface area contributed by atoms with Crippen LogP contribution in [-0.4, -0.2) is 21.0 Å². The van der Waals surface area contributed by atoms with E-state index >= 15 is 0 Å². The first-order valence-electron chi connectivity index (χ1n) is 7.92. The van der Waals surface area contributed by atoms with Crippen molar-refractivity contribution in [2.75, 3.05) is 5.32 Å². The van der Waals surface area contributed by atoms with Gasteiger partial charge >= 0.3 is 0 Å². The zero-order chi connectivity index (χ0) is 17.8. The maximum atomic E-state index is 11.6. The molecular weight excluding hydrogens is 356 g/mol. The minimum Gasteiger partial charge on any atom is -0.338 e. The number of aromatic amines is 1. The van der Waals surface area contributed by atoms with Gasteiger partial charge in [0, 0.05) is 12.0 Å². The Kier molecular flexibility index (Phi) is 5.31. The first-order chi connectivity index (χ1) is 12.1. The highest BCUT2D eigenvalue weighted by Crippen LogP contribution is 2.28. The highest BCUT2D eigenvalue weighted by molar-refractivity contribution is 7.80. The molecule has 0 aliphatic heterocycles. The number of para-hydroxylation sites is 2. The molecule has 2 aromatic carbocycles. The van der Waals surface area contributed by atoms with Gasteiger partial charge in [-0.05, 0) is 49.0 Å². The molecule has 1 amide bonds. The number of fused-ring (bicyclic) bond motifs is 1. The molecule has 0 radical (unpaired) electrons. The Morgan fingerprint density at radius 3 is 2.84 bits per heavy atom. The average Bonchev–Trinajstić information content (AvgIpc) is 3.01. The van der Waals surface area contributed by atoms with Crippen molar-refractivity contribution in [1.82, 2.24) is 15.3 Å². The van der Waals surface area contributed by atoms with Gasteiger partial charge in [-0.25, -0.2) is 4.98 Å². The Balaban J connectivity index is 1.83. The van der Waals surface area contributed by atoms with Gasteiger partial charge in [-0.1, -0.05) is 30.7 Å². The number of thiocarbonyl (C=S) groups is 1. The fourth-order valence-electron chi connectivity index (χ4n) is 2.43. The van der Waals surface area contributed by atoms with Gasteiger partial charge in [0.2, 0.25) is 5.91 Å². The van der Waals surface area contributed by atoms with Crippen molar-refractivity contribution >= 4 is 51.6 Å². The third-order valence-electron chi connectivity index (χ3n) is 3.61. The van der Waals surface area contributed by atoms with Crippen LogP contribution in [0, 0.1) is 0 Å². The number of imidazole rings is 1. The number of carbonyl (C=O) groups is 1. The summed E-state index contributed by atoms with van der Waals surface area (Å²) in [6.45, 7) is 1.93. The second-order valence-corrected chi connectivity index (χ2v) is 6.36. The molecule has 1 aromatic heterocycles. The lowest BCUT2D eigenvalue weighted by molar-refractivity contribution is -0.119.